The number of nitrogens with zero attached hydrogens (tertiary/aromatic N) is 2. The Kier molecular flexibility index (Phi) is 5.78. The fraction of sp³-hybridized carbons (Fsp3) is 0.450. The molecule has 27 heavy (non-hydrogen) atoms. The summed E-state index contributed by atoms with van der Waals surface area (Å²) < 4.78 is 0. The van der Waals surface area contributed by atoms with Crippen LogP contribution < -0.4 is 5.32 Å². The fourth-order valence-corrected chi connectivity index (χ4v) is 3.70. The van der Waals surface area contributed by atoms with Gasteiger partial charge in [0.25, 0.3) is 0 Å². The number of benzene rings is 1. The molecule has 3 amide bonds. The summed E-state index contributed by atoms with van der Waals surface area (Å²) in [4.78, 5) is 43.0. The van der Waals surface area contributed by atoms with Gasteiger partial charge in [-0.15, -0.1) is 0 Å². The van der Waals surface area contributed by atoms with E-state index in [9.17, 15) is 14.4 Å². The van der Waals surface area contributed by atoms with E-state index >= 15 is 0 Å². The molecule has 0 radical (unpaired) electrons. The van der Waals surface area contributed by atoms with Crippen LogP contribution in [0.5, 0.6) is 0 Å². The van der Waals surface area contributed by atoms with Crippen molar-refractivity contribution in [2.24, 2.45) is 0 Å². The van der Waals surface area contributed by atoms with Crippen LogP contribution in [0.25, 0.3) is 10.9 Å². The van der Waals surface area contributed by atoms with Gasteiger partial charge in [-0.3, -0.25) is 14.4 Å². The molecule has 0 aliphatic carbocycles. The average Bonchev–Trinajstić information content (AvgIpc) is 3.10. The highest BCUT2D eigenvalue weighted by Crippen LogP contribution is 2.20. The number of hydrogen-bond donors (Lipinski definition) is 2. The van der Waals surface area contributed by atoms with E-state index in [0.717, 1.165) is 18.4 Å². The zero-order chi connectivity index (χ0) is 19.4. The third-order valence-electron chi connectivity index (χ3n) is 5.20. The number of aromatic nitrogens is 1. The van der Waals surface area contributed by atoms with Gasteiger partial charge in [-0.2, -0.15) is 0 Å². The van der Waals surface area contributed by atoms with E-state index in [4.69, 9.17) is 0 Å². The maximum atomic E-state index is 12.6. The number of hydrogen-bond acceptors (Lipinski definition) is 3. The minimum atomic E-state index is -0.612. The van der Waals surface area contributed by atoms with Gasteiger partial charge < -0.3 is 20.1 Å². The molecule has 0 saturated carbocycles. The van der Waals surface area contributed by atoms with Gasteiger partial charge >= 0.3 is 0 Å². The summed E-state index contributed by atoms with van der Waals surface area (Å²) in [5, 5.41) is 3.78. The lowest BCUT2D eigenvalue weighted by Crippen LogP contribution is -2.60. The molecule has 1 aromatic heterocycles. The number of amides is 3. The van der Waals surface area contributed by atoms with Gasteiger partial charge in [0.1, 0.15) is 6.04 Å². The first-order valence-corrected chi connectivity index (χ1v) is 9.33. The maximum Gasteiger partial charge on any atom is 0.244 e. The van der Waals surface area contributed by atoms with Crippen LogP contribution in [0.1, 0.15) is 25.3 Å². The number of carbonyl (C=O) groups is 3. The molecular formula is C20H26N4O3. The maximum absolute atomic E-state index is 12.6. The number of likely N-dealkylation sites (N-methyl/N-ethyl adjacent to an activating group) is 1. The summed E-state index contributed by atoms with van der Waals surface area (Å²) in [5.74, 6) is -0.344. The zero-order valence-corrected chi connectivity index (χ0v) is 15.8. The molecule has 144 valence electrons. The summed E-state index contributed by atoms with van der Waals surface area (Å²) in [6.45, 7) is 2.57. The molecule has 3 rings (SSSR count). The van der Waals surface area contributed by atoms with Crippen molar-refractivity contribution in [1.82, 2.24) is 20.1 Å². The van der Waals surface area contributed by atoms with Gasteiger partial charge in [-0.1, -0.05) is 18.2 Å². The predicted octanol–water partition coefficient (Wildman–Crippen LogP) is 1.30. The number of nitrogens with one attached hydrogen (secondary N) is 2. The Hall–Kier alpha value is -2.83. The van der Waals surface area contributed by atoms with Crippen LogP contribution in [0.2, 0.25) is 0 Å². The van der Waals surface area contributed by atoms with Crippen molar-refractivity contribution in [3.8, 4) is 0 Å². The molecule has 2 N–H and O–H groups in total. The van der Waals surface area contributed by atoms with Crippen molar-refractivity contribution in [2.75, 3.05) is 26.7 Å². The topological polar surface area (TPSA) is 85.5 Å². The normalized spacial score (nSPS) is 17.2. The molecule has 7 nitrogen and oxygen atoms in total. The fourth-order valence-electron chi connectivity index (χ4n) is 3.70. The molecule has 2 aromatic rings. The first-order valence-electron chi connectivity index (χ1n) is 9.33. The van der Waals surface area contributed by atoms with Crippen LogP contribution >= 0.6 is 0 Å². The number of aryl methyl sites for hydroxylation is 1. The molecule has 2 heterocycles. The van der Waals surface area contributed by atoms with Crippen LogP contribution in [-0.2, 0) is 20.8 Å². The SMILES string of the molecule is CNC(=O)[C@@H]1CN(C(=O)CCCc2c[nH]c3ccccc23)CCN1C(C)=O. The van der Waals surface area contributed by atoms with Crippen LogP contribution in [0.4, 0.5) is 0 Å². The summed E-state index contributed by atoms with van der Waals surface area (Å²) in [7, 11) is 1.54. The minimum Gasteiger partial charge on any atom is -0.361 e. The van der Waals surface area contributed by atoms with Gasteiger partial charge in [0, 0.05) is 50.6 Å². The Bertz CT molecular complexity index is 845. The van der Waals surface area contributed by atoms with Gasteiger partial charge in [0.05, 0.1) is 6.54 Å². The van der Waals surface area contributed by atoms with Gasteiger partial charge in [0.15, 0.2) is 0 Å². The quantitative estimate of drug-likeness (QED) is 0.832. The largest absolute Gasteiger partial charge is 0.361 e. The highest BCUT2D eigenvalue weighted by molar-refractivity contribution is 5.88. The lowest BCUT2D eigenvalue weighted by Gasteiger charge is -2.40. The molecule has 0 unspecified atom stereocenters. The Labute approximate surface area is 158 Å². The highest BCUT2D eigenvalue weighted by Gasteiger charge is 2.34. The Morgan fingerprint density at radius 1 is 1.22 bits per heavy atom. The van der Waals surface area contributed by atoms with E-state index in [-0.39, 0.29) is 24.3 Å². The van der Waals surface area contributed by atoms with E-state index in [1.54, 1.807) is 11.9 Å². The van der Waals surface area contributed by atoms with Gasteiger partial charge in [0.2, 0.25) is 17.7 Å². The van der Waals surface area contributed by atoms with Gasteiger partial charge in [-0.05, 0) is 24.5 Å². The number of carbonyl (C=O) groups excluding carboxylic acids is 3. The number of rotatable bonds is 5. The number of fused-ring (bicyclic) bond motifs is 1. The molecule has 1 aliphatic rings. The molecule has 1 fully saturated rings. The van der Waals surface area contributed by atoms with E-state index < -0.39 is 6.04 Å². The summed E-state index contributed by atoms with van der Waals surface area (Å²) in [5.41, 5.74) is 2.32. The number of aromatic amines is 1. The molecule has 0 spiro atoms. The van der Waals surface area contributed by atoms with Crippen LogP contribution in [0, 0.1) is 0 Å². The molecule has 1 saturated heterocycles. The van der Waals surface area contributed by atoms with Crippen molar-refractivity contribution >= 4 is 28.6 Å². The Balaban J connectivity index is 1.56. The molecule has 1 aromatic carbocycles. The average molecular weight is 370 g/mol. The summed E-state index contributed by atoms with van der Waals surface area (Å²) >= 11 is 0. The molecule has 1 aliphatic heterocycles. The van der Waals surface area contributed by atoms with E-state index in [2.05, 4.69) is 16.4 Å². The first-order chi connectivity index (χ1) is 13.0. The van der Waals surface area contributed by atoms with Crippen molar-refractivity contribution in [3.63, 3.8) is 0 Å². The molecule has 0 bridgehead atoms. The smallest absolute Gasteiger partial charge is 0.244 e. The lowest BCUT2D eigenvalue weighted by atomic mass is 10.1. The number of piperazine rings is 1. The summed E-state index contributed by atoms with van der Waals surface area (Å²) in [6.07, 6.45) is 4.00. The second kappa shape index (κ2) is 8.24. The second-order valence-corrected chi connectivity index (χ2v) is 6.90. The van der Waals surface area contributed by atoms with E-state index in [1.165, 1.54) is 22.8 Å². The van der Waals surface area contributed by atoms with Crippen LogP contribution in [0.15, 0.2) is 30.5 Å². The van der Waals surface area contributed by atoms with Crippen molar-refractivity contribution in [3.05, 3.63) is 36.0 Å². The monoisotopic (exact) mass is 370 g/mol. The molecule has 1 atom stereocenters. The third-order valence-corrected chi connectivity index (χ3v) is 5.20. The number of H-pyrrole nitrogens is 1. The second-order valence-electron chi connectivity index (χ2n) is 6.90. The summed E-state index contributed by atoms with van der Waals surface area (Å²) in [6, 6.07) is 7.52. The van der Waals surface area contributed by atoms with Crippen molar-refractivity contribution in [2.45, 2.75) is 32.2 Å². The van der Waals surface area contributed by atoms with Crippen LogP contribution in [-0.4, -0.2) is 65.2 Å². The molecule has 7 heteroatoms. The highest BCUT2D eigenvalue weighted by atomic mass is 16.2. The molecular weight excluding hydrogens is 344 g/mol. The lowest BCUT2D eigenvalue weighted by molar-refractivity contribution is -0.147. The van der Waals surface area contributed by atoms with Crippen molar-refractivity contribution in [1.29, 1.82) is 0 Å². The predicted molar refractivity (Wildman–Crippen MR) is 103 cm³/mol. The van der Waals surface area contributed by atoms with Crippen molar-refractivity contribution < 1.29 is 14.4 Å². The van der Waals surface area contributed by atoms with Gasteiger partial charge in [-0.25, -0.2) is 0 Å². The Morgan fingerprint density at radius 2 is 2.00 bits per heavy atom. The third kappa shape index (κ3) is 4.13. The van der Waals surface area contributed by atoms with Crippen LogP contribution in [0.3, 0.4) is 0 Å². The minimum absolute atomic E-state index is 0.0342. The zero-order valence-electron chi connectivity index (χ0n) is 15.8. The van der Waals surface area contributed by atoms with E-state index in [0.29, 0.717) is 19.5 Å². The number of para-hydroxylation sites is 1. The first kappa shape index (κ1) is 18.9. The Morgan fingerprint density at radius 3 is 2.74 bits per heavy atom. The van der Waals surface area contributed by atoms with E-state index in [1.807, 2.05) is 24.4 Å². The standard InChI is InChI=1S/C20H26N4O3/c1-14(25)24-11-10-23(13-18(24)20(27)21-2)19(26)9-5-6-15-12-22-17-8-4-3-7-16(15)17/h3-4,7-8,12,18,22H,5-6,9-11,13H2,1-2H3,(H,21,27)/t18-/m0/s1.